The van der Waals surface area contributed by atoms with Crippen LogP contribution in [0.15, 0.2) is 267 Å². The number of rotatable bonds is 8. The zero-order valence-electron chi connectivity index (χ0n) is 37.3. The lowest BCUT2D eigenvalue weighted by Crippen LogP contribution is -2.09. The average Bonchev–Trinajstić information content (AvgIpc) is 3.76. The van der Waals surface area contributed by atoms with Crippen LogP contribution in [0.5, 0.6) is 0 Å². The van der Waals surface area contributed by atoms with Crippen molar-refractivity contribution < 1.29 is 0 Å². The second-order valence-corrected chi connectivity index (χ2v) is 17.7. The first-order valence-corrected chi connectivity index (χ1v) is 23.4. The molecule has 2 heteroatoms. The first-order chi connectivity index (χ1) is 33.7. The summed E-state index contributed by atoms with van der Waals surface area (Å²) in [4.78, 5) is 2.38. The quantitative estimate of drug-likeness (QED) is 0.148. The van der Waals surface area contributed by atoms with Crippen molar-refractivity contribution >= 4 is 71.2 Å². The molecule has 2 nitrogen and oxygen atoms in total. The molecular weight excluding hydrogens is 821 g/mol. The number of anilines is 3. The molecule has 0 saturated carbocycles. The van der Waals surface area contributed by atoms with Crippen molar-refractivity contribution in [1.82, 2.24) is 4.57 Å². The molecule has 1 aromatic heterocycles. The lowest BCUT2D eigenvalue weighted by molar-refractivity contribution is 1.19. The summed E-state index contributed by atoms with van der Waals surface area (Å²) < 4.78 is 2.44. The molecule has 0 aliphatic rings. The number of para-hydroxylation sites is 1. The van der Waals surface area contributed by atoms with Gasteiger partial charge in [-0.3, -0.25) is 0 Å². The molecule has 68 heavy (non-hydrogen) atoms. The Hall–Kier alpha value is -8.98. The van der Waals surface area contributed by atoms with Crippen molar-refractivity contribution in [3.05, 3.63) is 267 Å². The Labute approximate surface area is 395 Å². The first kappa shape index (κ1) is 39.4. The van der Waals surface area contributed by atoms with Gasteiger partial charge >= 0.3 is 0 Å². The zero-order valence-corrected chi connectivity index (χ0v) is 37.3. The minimum atomic E-state index is 1.09. The van der Waals surface area contributed by atoms with E-state index in [0.717, 1.165) is 28.3 Å². The molecular formula is C66H44N2. The van der Waals surface area contributed by atoms with E-state index in [-0.39, 0.29) is 0 Å². The molecule has 1 heterocycles. The van der Waals surface area contributed by atoms with Gasteiger partial charge in [0.05, 0.1) is 11.0 Å². The van der Waals surface area contributed by atoms with Crippen LogP contribution >= 0.6 is 0 Å². The topological polar surface area (TPSA) is 8.17 Å². The summed E-state index contributed by atoms with van der Waals surface area (Å²) in [7, 11) is 0. The van der Waals surface area contributed by atoms with Gasteiger partial charge in [-0.15, -0.1) is 0 Å². The van der Waals surface area contributed by atoms with Crippen LogP contribution in [0.2, 0.25) is 0 Å². The number of fused-ring (bicyclic) bond motifs is 7. The van der Waals surface area contributed by atoms with Crippen LogP contribution < -0.4 is 4.90 Å². The van der Waals surface area contributed by atoms with Gasteiger partial charge in [-0.25, -0.2) is 0 Å². The van der Waals surface area contributed by atoms with E-state index in [2.05, 4.69) is 276 Å². The van der Waals surface area contributed by atoms with Crippen LogP contribution in [-0.2, 0) is 0 Å². The number of hydrogen-bond acceptors (Lipinski definition) is 1. The Balaban J connectivity index is 0.918. The highest BCUT2D eigenvalue weighted by molar-refractivity contribution is 6.19. The minimum Gasteiger partial charge on any atom is -0.311 e. The van der Waals surface area contributed by atoms with Crippen molar-refractivity contribution in [1.29, 1.82) is 0 Å². The number of benzene rings is 12. The van der Waals surface area contributed by atoms with Gasteiger partial charge in [0.15, 0.2) is 0 Å². The van der Waals surface area contributed by atoms with E-state index in [4.69, 9.17) is 0 Å². The van der Waals surface area contributed by atoms with Gasteiger partial charge in [-0.2, -0.15) is 0 Å². The van der Waals surface area contributed by atoms with Crippen LogP contribution in [0.1, 0.15) is 0 Å². The maximum atomic E-state index is 2.44. The molecule has 318 valence electrons. The molecule has 0 radical (unpaired) electrons. The van der Waals surface area contributed by atoms with E-state index < -0.39 is 0 Å². The molecule has 0 spiro atoms. The van der Waals surface area contributed by atoms with E-state index in [1.165, 1.54) is 93.1 Å². The predicted octanol–water partition coefficient (Wildman–Crippen LogP) is 18.4. The van der Waals surface area contributed by atoms with Gasteiger partial charge in [0, 0.05) is 38.9 Å². The Morgan fingerprint density at radius 2 is 0.721 bits per heavy atom. The Morgan fingerprint density at radius 3 is 1.37 bits per heavy atom. The molecule has 0 aliphatic heterocycles. The van der Waals surface area contributed by atoms with Crippen LogP contribution in [0.4, 0.5) is 17.1 Å². The maximum Gasteiger partial charge on any atom is 0.0619 e. The van der Waals surface area contributed by atoms with Gasteiger partial charge in [0.1, 0.15) is 0 Å². The van der Waals surface area contributed by atoms with E-state index in [1.54, 1.807) is 0 Å². The van der Waals surface area contributed by atoms with Gasteiger partial charge in [0.25, 0.3) is 0 Å². The van der Waals surface area contributed by atoms with Crippen LogP contribution in [0.3, 0.4) is 0 Å². The van der Waals surface area contributed by atoms with Crippen molar-refractivity contribution in [3.8, 4) is 50.2 Å². The van der Waals surface area contributed by atoms with Crippen molar-refractivity contribution in [2.45, 2.75) is 0 Å². The third kappa shape index (κ3) is 6.73. The second-order valence-electron chi connectivity index (χ2n) is 17.7. The lowest BCUT2D eigenvalue weighted by atomic mass is 9.91. The highest BCUT2D eigenvalue weighted by atomic mass is 15.1. The summed E-state index contributed by atoms with van der Waals surface area (Å²) in [5.74, 6) is 0. The van der Waals surface area contributed by atoms with Crippen molar-refractivity contribution in [2.75, 3.05) is 4.90 Å². The third-order valence-electron chi connectivity index (χ3n) is 13.8. The van der Waals surface area contributed by atoms with E-state index in [9.17, 15) is 0 Å². The summed E-state index contributed by atoms with van der Waals surface area (Å²) >= 11 is 0. The van der Waals surface area contributed by atoms with Crippen molar-refractivity contribution in [2.24, 2.45) is 0 Å². The SMILES string of the molecule is c1ccc(-c2cccc3cccc(-c4ccc(N(c5ccc(-c6ccc7c8ccc9ccccc9c8n(-c8ccccc8)c7c6)cc5)c5ccc(-c6cccc7ccccc67)cc5)cc4)c23)cc1. The highest BCUT2D eigenvalue weighted by Crippen LogP contribution is 2.42. The smallest absolute Gasteiger partial charge is 0.0619 e. The largest absolute Gasteiger partial charge is 0.311 e. The zero-order chi connectivity index (χ0) is 45.0. The van der Waals surface area contributed by atoms with E-state index in [1.807, 2.05) is 0 Å². The van der Waals surface area contributed by atoms with Gasteiger partial charge < -0.3 is 9.47 Å². The highest BCUT2D eigenvalue weighted by Gasteiger charge is 2.18. The molecule has 0 fully saturated rings. The van der Waals surface area contributed by atoms with Crippen LogP contribution in [-0.4, -0.2) is 4.57 Å². The molecule has 13 rings (SSSR count). The number of nitrogens with zero attached hydrogens (tertiary/aromatic N) is 2. The molecule has 0 aliphatic carbocycles. The summed E-state index contributed by atoms with van der Waals surface area (Å²) in [6, 6.07) is 97.4. The second kappa shape index (κ2) is 16.5. The van der Waals surface area contributed by atoms with E-state index >= 15 is 0 Å². The summed E-state index contributed by atoms with van der Waals surface area (Å²) in [5, 5.41) is 9.99. The van der Waals surface area contributed by atoms with E-state index in [0.29, 0.717) is 0 Å². The minimum absolute atomic E-state index is 1.09. The fraction of sp³-hybridized carbons (Fsp3) is 0. The number of aromatic nitrogens is 1. The Kier molecular flexibility index (Phi) is 9.54. The monoisotopic (exact) mass is 864 g/mol. The normalized spacial score (nSPS) is 11.5. The molecule has 0 amide bonds. The number of hydrogen-bond donors (Lipinski definition) is 0. The molecule has 12 aromatic carbocycles. The van der Waals surface area contributed by atoms with Crippen LogP contribution in [0, 0.1) is 0 Å². The Bertz CT molecular complexity index is 3970. The fourth-order valence-electron chi connectivity index (χ4n) is 10.6. The summed E-state index contributed by atoms with van der Waals surface area (Å²) in [6.07, 6.45) is 0. The first-order valence-electron chi connectivity index (χ1n) is 23.4. The molecule has 0 bridgehead atoms. The molecule has 0 saturated heterocycles. The van der Waals surface area contributed by atoms with Gasteiger partial charge in [-0.1, -0.05) is 212 Å². The fourth-order valence-corrected chi connectivity index (χ4v) is 10.6. The maximum absolute atomic E-state index is 2.44. The summed E-state index contributed by atoms with van der Waals surface area (Å²) in [5.41, 5.74) is 16.5. The molecule has 13 aromatic rings. The third-order valence-corrected chi connectivity index (χ3v) is 13.8. The average molecular weight is 865 g/mol. The standard InChI is InChI=1S/C66H44N2/c1-3-14-47(15-4-1)59-26-12-19-51-20-13-27-60(65(51)59)50-32-40-56(41-33-50)67(55-38-30-49(31-39-55)58-25-11-18-46-16-7-9-23-57(46)58)54-36-28-45(29-37-54)52-35-42-62-63-43-34-48-17-8-10-24-61(48)66(63)68(64(62)44-52)53-21-5-2-6-22-53/h1-44H. The van der Waals surface area contributed by atoms with Crippen LogP contribution in [0.25, 0.3) is 104 Å². The molecule has 0 unspecified atom stereocenters. The Morgan fingerprint density at radius 1 is 0.265 bits per heavy atom. The predicted molar refractivity (Wildman–Crippen MR) is 290 cm³/mol. The summed E-state index contributed by atoms with van der Waals surface area (Å²) in [6.45, 7) is 0. The van der Waals surface area contributed by atoms with Gasteiger partial charge in [0.2, 0.25) is 0 Å². The van der Waals surface area contributed by atoms with Crippen molar-refractivity contribution in [3.63, 3.8) is 0 Å². The lowest BCUT2D eigenvalue weighted by Gasteiger charge is -2.26. The molecule has 0 atom stereocenters. The molecule has 0 N–H and O–H groups in total. The van der Waals surface area contributed by atoms with Gasteiger partial charge in [-0.05, 0) is 126 Å².